The second-order valence-corrected chi connectivity index (χ2v) is 7.29. The smallest absolute Gasteiger partial charge is 0.234 e. The number of carbonyl (C=O) groups excluding carboxylic acids is 1. The number of ether oxygens (including phenoxy) is 1. The molecule has 1 atom stereocenters. The standard InChI is InChI=1S/C18H35N3O2/c1-16(17-6-4-3-5-7-17)14-20-9-11-21(12-10-20)15-18(22)19-8-13-23-2/h16-17H,3-15H2,1-2H3,(H,19,22). The number of nitrogens with zero attached hydrogens (tertiary/aromatic N) is 2. The maximum absolute atomic E-state index is 11.8. The summed E-state index contributed by atoms with van der Waals surface area (Å²) in [4.78, 5) is 16.7. The van der Waals surface area contributed by atoms with Crippen LogP contribution in [0.2, 0.25) is 0 Å². The molecule has 0 aromatic rings. The highest BCUT2D eigenvalue weighted by Crippen LogP contribution is 2.30. The van der Waals surface area contributed by atoms with E-state index in [1.54, 1.807) is 7.11 Å². The van der Waals surface area contributed by atoms with E-state index in [9.17, 15) is 4.79 Å². The predicted molar refractivity (Wildman–Crippen MR) is 93.5 cm³/mol. The normalized spacial score (nSPS) is 22.9. The molecule has 1 N–H and O–H groups in total. The Morgan fingerprint density at radius 3 is 2.43 bits per heavy atom. The highest BCUT2D eigenvalue weighted by molar-refractivity contribution is 5.77. The topological polar surface area (TPSA) is 44.8 Å². The van der Waals surface area contributed by atoms with E-state index >= 15 is 0 Å². The number of amides is 1. The number of rotatable bonds is 8. The van der Waals surface area contributed by atoms with Crippen LogP contribution in [-0.2, 0) is 9.53 Å². The number of methoxy groups -OCH3 is 1. The van der Waals surface area contributed by atoms with Gasteiger partial charge in [0.1, 0.15) is 0 Å². The van der Waals surface area contributed by atoms with Gasteiger partial charge in [0.2, 0.25) is 5.91 Å². The molecule has 5 heteroatoms. The fourth-order valence-corrected chi connectivity index (χ4v) is 3.94. The molecule has 0 aromatic heterocycles. The summed E-state index contributed by atoms with van der Waals surface area (Å²) in [6.07, 6.45) is 7.17. The molecular weight excluding hydrogens is 290 g/mol. The molecule has 1 saturated carbocycles. The van der Waals surface area contributed by atoms with E-state index in [-0.39, 0.29) is 5.91 Å². The van der Waals surface area contributed by atoms with E-state index in [1.807, 2.05) is 0 Å². The molecule has 134 valence electrons. The Hall–Kier alpha value is -0.650. The summed E-state index contributed by atoms with van der Waals surface area (Å²) in [5.74, 6) is 1.87. The SMILES string of the molecule is COCCNC(=O)CN1CCN(CC(C)C2CCCCC2)CC1. The molecule has 0 radical (unpaired) electrons. The quantitative estimate of drug-likeness (QED) is 0.688. The number of piperazine rings is 1. The Balaban J connectivity index is 1.60. The van der Waals surface area contributed by atoms with Crippen molar-refractivity contribution in [1.29, 1.82) is 0 Å². The molecule has 23 heavy (non-hydrogen) atoms. The average molecular weight is 325 g/mol. The van der Waals surface area contributed by atoms with Gasteiger partial charge in [0.05, 0.1) is 13.2 Å². The number of carbonyl (C=O) groups is 1. The predicted octanol–water partition coefficient (Wildman–Crippen LogP) is 1.58. The summed E-state index contributed by atoms with van der Waals surface area (Å²) >= 11 is 0. The third kappa shape index (κ3) is 6.77. The van der Waals surface area contributed by atoms with Crippen molar-refractivity contribution < 1.29 is 9.53 Å². The van der Waals surface area contributed by atoms with Crippen molar-refractivity contribution in [1.82, 2.24) is 15.1 Å². The van der Waals surface area contributed by atoms with Crippen LogP contribution >= 0.6 is 0 Å². The van der Waals surface area contributed by atoms with E-state index in [0.717, 1.165) is 38.0 Å². The summed E-state index contributed by atoms with van der Waals surface area (Å²) in [6.45, 7) is 9.60. The van der Waals surface area contributed by atoms with Crippen molar-refractivity contribution in [2.24, 2.45) is 11.8 Å². The maximum Gasteiger partial charge on any atom is 0.234 e. The summed E-state index contributed by atoms with van der Waals surface area (Å²) in [6, 6.07) is 0. The van der Waals surface area contributed by atoms with E-state index in [1.165, 1.54) is 38.6 Å². The second kappa shape index (κ2) is 10.3. The lowest BCUT2D eigenvalue weighted by Gasteiger charge is -2.37. The van der Waals surface area contributed by atoms with Gasteiger partial charge in [0.15, 0.2) is 0 Å². The number of hydrogen-bond donors (Lipinski definition) is 1. The van der Waals surface area contributed by atoms with Crippen molar-refractivity contribution in [3.8, 4) is 0 Å². The lowest BCUT2D eigenvalue weighted by molar-refractivity contribution is -0.122. The minimum atomic E-state index is 0.117. The first-order valence-electron chi connectivity index (χ1n) is 9.39. The van der Waals surface area contributed by atoms with Crippen LogP contribution in [0.5, 0.6) is 0 Å². The van der Waals surface area contributed by atoms with Crippen LogP contribution in [0.25, 0.3) is 0 Å². The molecule has 1 aliphatic heterocycles. The first-order chi connectivity index (χ1) is 11.2. The zero-order valence-corrected chi connectivity index (χ0v) is 15.1. The monoisotopic (exact) mass is 325 g/mol. The fraction of sp³-hybridized carbons (Fsp3) is 0.944. The molecule has 2 fully saturated rings. The summed E-state index contributed by atoms with van der Waals surface area (Å²) in [5, 5.41) is 2.90. The molecule has 0 bridgehead atoms. The zero-order valence-electron chi connectivity index (χ0n) is 15.1. The molecule has 1 aliphatic carbocycles. The number of hydrogen-bond acceptors (Lipinski definition) is 4. The molecule has 2 aliphatic rings. The fourth-order valence-electron chi connectivity index (χ4n) is 3.94. The molecule has 0 spiro atoms. The van der Waals surface area contributed by atoms with Gasteiger partial charge in [-0.3, -0.25) is 9.69 Å². The van der Waals surface area contributed by atoms with Crippen LogP contribution in [0.4, 0.5) is 0 Å². The van der Waals surface area contributed by atoms with Crippen LogP contribution in [0.3, 0.4) is 0 Å². The van der Waals surface area contributed by atoms with Crippen LogP contribution in [0, 0.1) is 11.8 Å². The Kier molecular flexibility index (Phi) is 8.34. The van der Waals surface area contributed by atoms with Crippen LogP contribution < -0.4 is 5.32 Å². The highest BCUT2D eigenvalue weighted by atomic mass is 16.5. The first kappa shape index (κ1) is 18.7. The Labute approximate surface area is 141 Å². The van der Waals surface area contributed by atoms with Crippen molar-refractivity contribution >= 4 is 5.91 Å². The lowest BCUT2D eigenvalue weighted by Crippen LogP contribution is -2.50. The molecule has 5 nitrogen and oxygen atoms in total. The van der Waals surface area contributed by atoms with Gasteiger partial charge >= 0.3 is 0 Å². The molecule has 1 amide bonds. The Morgan fingerprint density at radius 2 is 1.78 bits per heavy atom. The molecule has 1 saturated heterocycles. The van der Waals surface area contributed by atoms with Gasteiger partial charge in [-0.15, -0.1) is 0 Å². The lowest BCUT2D eigenvalue weighted by atomic mass is 9.80. The number of nitrogens with one attached hydrogen (secondary N) is 1. The van der Waals surface area contributed by atoms with E-state index in [4.69, 9.17) is 4.74 Å². The minimum absolute atomic E-state index is 0.117. The summed E-state index contributed by atoms with van der Waals surface area (Å²) in [5.41, 5.74) is 0. The van der Waals surface area contributed by atoms with Gasteiger partial charge in [0.25, 0.3) is 0 Å². The third-order valence-electron chi connectivity index (χ3n) is 5.46. The van der Waals surface area contributed by atoms with E-state index < -0.39 is 0 Å². The molecule has 2 rings (SSSR count). The van der Waals surface area contributed by atoms with Crippen molar-refractivity contribution in [2.45, 2.75) is 39.0 Å². The molecular formula is C18H35N3O2. The first-order valence-corrected chi connectivity index (χ1v) is 9.39. The summed E-state index contributed by atoms with van der Waals surface area (Å²) in [7, 11) is 1.65. The molecule has 0 aromatic carbocycles. The van der Waals surface area contributed by atoms with Gasteiger partial charge in [-0.2, -0.15) is 0 Å². The largest absolute Gasteiger partial charge is 0.383 e. The van der Waals surface area contributed by atoms with Gasteiger partial charge in [-0.1, -0.05) is 39.0 Å². The molecule has 1 heterocycles. The maximum atomic E-state index is 11.8. The van der Waals surface area contributed by atoms with Crippen LogP contribution in [-0.4, -0.2) is 75.2 Å². The van der Waals surface area contributed by atoms with Crippen molar-refractivity contribution in [2.75, 3.05) is 59.5 Å². The van der Waals surface area contributed by atoms with Crippen LogP contribution in [0.15, 0.2) is 0 Å². The summed E-state index contributed by atoms with van der Waals surface area (Å²) < 4.78 is 4.95. The van der Waals surface area contributed by atoms with Crippen molar-refractivity contribution in [3.63, 3.8) is 0 Å². The van der Waals surface area contributed by atoms with E-state index in [2.05, 4.69) is 22.0 Å². The van der Waals surface area contributed by atoms with Crippen molar-refractivity contribution in [3.05, 3.63) is 0 Å². The van der Waals surface area contributed by atoms with Gasteiger partial charge in [-0.05, 0) is 11.8 Å². The average Bonchev–Trinajstić information content (AvgIpc) is 2.57. The minimum Gasteiger partial charge on any atom is -0.383 e. The Bertz CT molecular complexity index is 337. The second-order valence-electron chi connectivity index (χ2n) is 7.29. The van der Waals surface area contributed by atoms with Gasteiger partial charge in [-0.25, -0.2) is 0 Å². The highest BCUT2D eigenvalue weighted by Gasteiger charge is 2.24. The van der Waals surface area contributed by atoms with Crippen LogP contribution in [0.1, 0.15) is 39.0 Å². The van der Waals surface area contributed by atoms with E-state index in [0.29, 0.717) is 19.7 Å². The van der Waals surface area contributed by atoms with Gasteiger partial charge < -0.3 is 15.0 Å². The Morgan fingerprint density at radius 1 is 1.13 bits per heavy atom. The zero-order chi connectivity index (χ0) is 16.5. The third-order valence-corrected chi connectivity index (χ3v) is 5.46. The molecule has 1 unspecified atom stereocenters. The van der Waals surface area contributed by atoms with Gasteiger partial charge in [0, 0.05) is 46.4 Å².